The summed E-state index contributed by atoms with van der Waals surface area (Å²) in [6.45, 7) is 20.3. The SMILES string of the molecule is CCCCC1CC(N(C2CCC(C)CC2)C2CCC(C(C)C)CC2)C2CCC3C(CCCC)CC(N(C4CCC(C)CC4)C4CCC(C(C)C)CC4)C4CCC1C2C34. The molecule has 0 N–H and O–H groups in total. The second-order valence-corrected chi connectivity index (χ2v) is 24.7. The molecule has 8 aliphatic rings. The van der Waals surface area contributed by atoms with Gasteiger partial charge in [-0.25, -0.2) is 0 Å². The highest BCUT2D eigenvalue weighted by molar-refractivity contribution is 5.12. The summed E-state index contributed by atoms with van der Waals surface area (Å²) < 4.78 is 0. The predicted octanol–water partition coefficient (Wildman–Crippen LogP) is 15.6. The molecule has 10 atom stereocenters. The number of hydrogen-bond donors (Lipinski definition) is 0. The average molecular weight is 801 g/mol. The van der Waals surface area contributed by atoms with Crippen molar-refractivity contribution in [3.63, 3.8) is 0 Å². The molecule has 334 valence electrons. The summed E-state index contributed by atoms with van der Waals surface area (Å²) in [6, 6.07) is 5.28. The quantitative estimate of drug-likeness (QED) is 0.173. The Balaban J connectivity index is 1.15. The summed E-state index contributed by atoms with van der Waals surface area (Å²) in [7, 11) is 0. The first kappa shape index (κ1) is 44.5. The molecule has 0 bridgehead atoms. The third kappa shape index (κ3) is 9.40. The molecule has 0 radical (unpaired) electrons. The monoisotopic (exact) mass is 801 g/mol. The first-order valence-corrected chi connectivity index (χ1v) is 27.7. The fourth-order valence-electron chi connectivity index (χ4n) is 17.8. The first-order valence-electron chi connectivity index (χ1n) is 27.7. The van der Waals surface area contributed by atoms with Gasteiger partial charge in [0.1, 0.15) is 0 Å². The van der Waals surface area contributed by atoms with E-state index in [9.17, 15) is 0 Å². The predicted molar refractivity (Wildman–Crippen MR) is 250 cm³/mol. The summed E-state index contributed by atoms with van der Waals surface area (Å²) in [6.07, 6.45) is 42.5. The minimum absolute atomic E-state index is 0.870. The fraction of sp³-hybridized carbons (Fsp3) is 1.00. The largest absolute Gasteiger partial charge is 0.294 e. The maximum atomic E-state index is 3.46. The molecule has 8 rings (SSSR count). The normalized spacial score (nSPS) is 46.1. The van der Waals surface area contributed by atoms with E-state index in [1.807, 2.05) is 0 Å². The lowest BCUT2D eigenvalue weighted by Gasteiger charge is -2.67. The second kappa shape index (κ2) is 20.2. The Morgan fingerprint density at radius 2 is 0.707 bits per heavy atom. The second-order valence-electron chi connectivity index (χ2n) is 24.7. The van der Waals surface area contributed by atoms with E-state index in [2.05, 4.69) is 65.2 Å². The Bertz CT molecular complexity index is 1110. The van der Waals surface area contributed by atoms with Crippen LogP contribution in [0, 0.1) is 82.9 Å². The van der Waals surface area contributed by atoms with E-state index in [4.69, 9.17) is 0 Å². The van der Waals surface area contributed by atoms with E-state index < -0.39 is 0 Å². The lowest BCUT2D eigenvalue weighted by atomic mass is 9.42. The minimum atomic E-state index is 0.870. The maximum absolute atomic E-state index is 3.46. The van der Waals surface area contributed by atoms with Crippen LogP contribution in [0.15, 0.2) is 0 Å². The minimum Gasteiger partial charge on any atom is -0.294 e. The Kier molecular flexibility index (Phi) is 15.5. The number of unbranched alkanes of at least 4 members (excludes halogenated alkanes) is 2. The molecule has 0 amide bonds. The third-order valence-electron chi connectivity index (χ3n) is 21.0. The number of nitrogens with zero attached hydrogens (tertiary/aromatic N) is 2. The van der Waals surface area contributed by atoms with Crippen LogP contribution in [0.3, 0.4) is 0 Å². The van der Waals surface area contributed by atoms with Gasteiger partial charge in [-0.05, 0) is 224 Å². The van der Waals surface area contributed by atoms with Crippen molar-refractivity contribution in [2.24, 2.45) is 82.9 Å². The Morgan fingerprint density at radius 3 is 1.02 bits per heavy atom. The molecule has 8 fully saturated rings. The third-order valence-corrected chi connectivity index (χ3v) is 21.0. The van der Waals surface area contributed by atoms with E-state index in [0.29, 0.717) is 0 Å². The van der Waals surface area contributed by atoms with E-state index in [1.54, 1.807) is 51.4 Å². The summed E-state index contributed by atoms with van der Waals surface area (Å²) in [4.78, 5) is 6.92. The smallest absolute Gasteiger partial charge is 0.0135 e. The molecule has 0 aromatic heterocycles. The molecule has 0 aromatic carbocycles. The fourth-order valence-corrected chi connectivity index (χ4v) is 17.8. The van der Waals surface area contributed by atoms with E-state index in [0.717, 1.165) is 119 Å². The highest BCUT2D eigenvalue weighted by Gasteiger charge is 2.61. The Morgan fingerprint density at radius 1 is 0.397 bits per heavy atom. The van der Waals surface area contributed by atoms with Crippen LogP contribution in [0.5, 0.6) is 0 Å². The zero-order valence-electron chi connectivity index (χ0n) is 40.2. The van der Waals surface area contributed by atoms with Gasteiger partial charge in [-0.3, -0.25) is 9.80 Å². The Hall–Kier alpha value is -0.0800. The molecule has 0 heterocycles. The van der Waals surface area contributed by atoms with Gasteiger partial charge in [-0.1, -0.05) is 93.9 Å². The Labute approximate surface area is 362 Å². The summed E-state index contributed by atoms with van der Waals surface area (Å²) >= 11 is 0. The maximum Gasteiger partial charge on any atom is 0.0135 e. The van der Waals surface area contributed by atoms with Gasteiger partial charge < -0.3 is 0 Å². The molecule has 2 heteroatoms. The molecule has 10 unspecified atom stereocenters. The van der Waals surface area contributed by atoms with Gasteiger partial charge in [0, 0.05) is 36.3 Å². The van der Waals surface area contributed by atoms with E-state index in [1.165, 1.54) is 128 Å². The van der Waals surface area contributed by atoms with Gasteiger partial charge in [0.2, 0.25) is 0 Å². The van der Waals surface area contributed by atoms with Gasteiger partial charge in [-0.15, -0.1) is 0 Å². The zero-order valence-corrected chi connectivity index (χ0v) is 40.2. The lowest BCUT2D eigenvalue weighted by molar-refractivity contribution is -0.178. The van der Waals surface area contributed by atoms with Crippen molar-refractivity contribution in [1.29, 1.82) is 0 Å². The van der Waals surface area contributed by atoms with Crippen molar-refractivity contribution in [3.8, 4) is 0 Å². The van der Waals surface area contributed by atoms with Gasteiger partial charge in [0.05, 0.1) is 0 Å². The summed E-state index contributed by atoms with van der Waals surface area (Å²) in [5.41, 5.74) is 0. The lowest BCUT2D eigenvalue weighted by Crippen LogP contribution is -2.66. The first-order chi connectivity index (χ1) is 28.2. The highest BCUT2D eigenvalue weighted by Crippen LogP contribution is 2.65. The molecule has 0 aliphatic heterocycles. The van der Waals surface area contributed by atoms with Crippen molar-refractivity contribution in [3.05, 3.63) is 0 Å². The van der Waals surface area contributed by atoms with Crippen LogP contribution >= 0.6 is 0 Å². The van der Waals surface area contributed by atoms with Crippen LogP contribution in [-0.4, -0.2) is 46.1 Å². The van der Waals surface area contributed by atoms with Crippen molar-refractivity contribution < 1.29 is 0 Å². The molecule has 8 saturated carbocycles. The zero-order chi connectivity index (χ0) is 40.5. The summed E-state index contributed by atoms with van der Waals surface area (Å²) in [5, 5.41) is 0. The van der Waals surface area contributed by atoms with Crippen molar-refractivity contribution >= 4 is 0 Å². The van der Waals surface area contributed by atoms with Crippen molar-refractivity contribution in [1.82, 2.24) is 9.80 Å². The van der Waals surface area contributed by atoms with E-state index in [-0.39, 0.29) is 0 Å². The van der Waals surface area contributed by atoms with Crippen LogP contribution in [-0.2, 0) is 0 Å². The standard InChI is InChI=1S/C56H100N2/c1-9-11-13-43-35-53(57(45-23-15-39(7)16-24-45)47-27-19-41(20-28-47)37(3)4)51-34-32-50-44(14-12-10-2)36-54(52-33-31-49(43)55(51)56(50)52)58(46-25-17-40(8)18-26-46)48-29-21-42(22-30-48)38(5)6/h37-56H,9-36H2,1-8H3. The molecule has 0 saturated heterocycles. The molecular formula is C56H100N2. The average Bonchev–Trinajstić information content (AvgIpc) is 3.24. The number of rotatable bonds is 14. The molecular weight excluding hydrogens is 701 g/mol. The van der Waals surface area contributed by atoms with E-state index >= 15 is 0 Å². The van der Waals surface area contributed by atoms with Crippen LogP contribution in [0.1, 0.15) is 235 Å². The van der Waals surface area contributed by atoms with Crippen LogP contribution in [0.4, 0.5) is 0 Å². The summed E-state index contributed by atoms with van der Waals surface area (Å²) in [5.74, 6) is 13.7. The highest BCUT2D eigenvalue weighted by atomic mass is 15.2. The van der Waals surface area contributed by atoms with Crippen molar-refractivity contribution in [2.75, 3.05) is 0 Å². The molecule has 0 aromatic rings. The molecule has 0 spiro atoms. The van der Waals surface area contributed by atoms with Crippen molar-refractivity contribution in [2.45, 2.75) is 271 Å². The molecule has 58 heavy (non-hydrogen) atoms. The van der Waals surface area contributed by atoms with Gasteiger partial charge in [-0.2, -0.15) is 0 Å². The molecule has 8 aliphatic carbocycles. The van der Waals surface area contributed by atoms with Gasteiger partial charge >= 0.3 is 0 Å². The van der Waals surface area contributed by atoms with Gasteiger partial charge in [0.25, 0.3) is 0 Å². The van der Waals surface area contributed by atoms with Crippen LogP contribution in [0.2, 0.25) is 0 Å². The topological polar surface area (TPSA) is 6.48 Å². The van der Waals surface area contributed by atoms with Gasteiger partial charge in [0.15, 0.2) is 0 Å². The van der Waals surface area contributed by atoms with Crippen LogP contribution < -0.4 is 0 Å². The molecule has 2 nitrogen and oxygen atoms in total. The number of hydrogen-bond acceptors (Lipinski definition) is 2. The van der Waals surface area contributed by atoms with Crippen LogP contribution in [0.25, 0.3) is 0 Å².